The second-order valence-electron chi connectivity index (χ2n) is 3.84. The van der Waals surface area contributed by atoms with E-state index in [-0.39, 0.29) is 72.2 Å². The molecule has 0 saturated heterocycles. The summed E-state index contributed by atoms with van der Waals surface area (Å²) in [5, 5.41) is 26.2. The van der Waals surface area contributed by atoms with Gasteiger partial charge in [-0.15, -0.1) is 0 Å². The maximum Gasteiger partial charge on any atom is 1.00 e. The van der Waals surface area contributed by atoms with Crippen molar-refractivity contribution in [3.63, 3.8) is 0 Å². The van der Waals surface area contributed by atoms with E-state index >= 15 is 0 Å². The second-order valence-corrected chi connectivity index (χ2v) is 3.84. The summed E-state index contributed by atoms with van der Waals surface area (Å²) >= 11 is 0. The Morgan fingerprint density at radius 2 is 1.43 bits per heavy atom. The predicted octanol–water partition coefficient (Wildman–Crippen LogP) is -7.66. The number of carbonyl (C=O) groups is 2. The first-order chi connectivity index (χ1) is 8.93. The molecule has 0 aliphatic carbocycles. The first-order valence-electron chi connectivity index (χ1n) is 5.50. The Hall–Kier alpha value is -0.440. The number of carboxylic acid groups (broad SMARTS) is 2. The average molecular weight is 312 g/mol. The summed E-state index contributed by atoms with van der Waals surface area (Å²) in [4.78, 5) is 20.9. The summed E-state index contributed by atoms with van der Waals surface area (Å²) in [5.74, 6) is -2.19. The van der Waals surface area contributed by atoms with E-state index in [0.29, 0.717) is 17.1 Å². The molecule has 7 nitrogen and oxygen atoms in total. The molecule has 0 unspecified atom stereocenters. The monoisotopic (exact) mass is 312 g/mol. The summed E-state index contributed by atoms with van der Waals surface area (Å²) in [7, 11) is 1.40. The fraction of sp³-hybridized carbons (Fsp3) is 0.333. The first-order valence-corrected chi connectivity index (χ1v) is 5.50. The number of aryl methyl sites for hydroxylation is 1. The molecule has 0 spiro atoms. The van der Waals surface area contributed by atoms with Crippen LogP contribution in [0.15, 0.2) is 12.1 Å². The Labute approximate surface area is 167 Å². The molecule has 0 aliphatic heterocycles. The topological polar surface area (TPSA) is 114 Å². The number of benzene rings is 1. The largest absolute Gasteiger partial charge is 1.00 e. The zero-order valence-electron chi connectivity index (χ0n) is 12.6. The van der Waals surface area contributed by atoms with Crippen molar-refractivity contribution in [1.82, 2.24) is 0 Å². The summed E-state index contributed by atoms with van der Waals surface area (Å²) in [6, 6.07) is 3.37. The van der Waals surface area contributed by atoms with Crippen molar-refractivity contribution in [3.05, 3.63) is 17.7 Å². The molecule has 0 aromatic heterocycles. The normalized spacial score (nSPS) is 8.86. The van der Waals surface area contributed by atoms with Gasteiger partial charge in [0, 0.05) is 0 Å². The summed E-state index contributed by atoms with van der Waals surface area (Å²) in [6.07, 6.45) is 0. The summed E-state index contributed by atoms with van der Waals surface area (Å²) in [5.41, 5.74) is 1.68. The second kappa shape index (κ2) is 11.2. The minimum Gasteiger partial charge on any atom is -0.548 e. The Kier molecular flexibility index (Phi) is 12.1. The van der Waals surface area contributed by atoms with Gasteiger partial charge in [0.1, 0.15) is 0 Å². The van der Waals surface area contributed by atoms with Gasteiger partial charge in [-0.05, 0) is 24.6 Å². The van der Waals surface area contributed by atoms with Gasteiger partial charge in [0.15, 0.2) is 5.75 Å². The predicted molar refractivity (Wildman–Crippen MR) is 64.7 cm³/mol. The van der Waals surface area contributed by atoms with E-state index in [9.17, 15) is 19.8 Å². The first kappa shape index (κ1) is 22.8. The van der Waals surface area contributed by atoms with Crippen molar-refractivity contribution in [1.29, 1.82) is 0 Å². The number of hydrogen-bond donors (Lipinski definition) is 2. The van der Waals surface area contributed by atoms with Crippen LogP contribution >= 0.6 is 0 Å². The van der Waals surface area contributed by atoms with Crippen LogP contribution in [0.2, 0.25) is 0 Å². The molecular formula is C12H14N2Na2O5. The van der Waals surface area contributed by atoms with Gasteiger partial charge in [-0.25, -0.2) is 0 Å². The number of aliphatic carboxylic acids is 2. The molecule has 0 heterocycles. The fourth-order valence-corrected chi connectivity index (χ4v) is 1.59. The maximum atomic E-state index is 10.4. The quantitative estimate of drug-likeness (QED) is 0.481. The van der Waals surface area contributed by atoms with E-state index in [4.69, 9.17) is 4.74 Å². The van der Waals surface area contributed by atoms with E-state index in [2.05, 4.69) is 10.6 Å². The minimum atomic E-state index is -1.26. The van der Waals surface area contributed by atoms with Gasteiger partial charge in [0.05, 0.1) is 43.5 Å². The molecule has 21 heavy (non-hydrogen) atoms. The standard InChI is InChI=1S/C12H16N2O5.2Na/c1-7-3-8(13-5-10(15)16)12(19-2)9(4-7)14-6-11(17)18;;/h3-4,13-14H,5-6H2,1-2H3,(H,15,16)(H,17,18);;/q;2*+1/p-2. The molecule has 0 bridgehead atoms. The van der Waals surface area contributed by atoms with Crippen LogP contribution in [-0.4, -0.2) is 32.1 Å². The van der Waals surface area contributed by atoms with E-state index in [1.54, 1.807) is 19.1 Å². The number of hydrogen-bond acceptors (Lipinski definition) is 7. The smallest absolute Gasteiger partial charge is 0.548 e. The van der Waals surface area contributed by atoms with Crippen LogP contribution < -0.4 is 84.7 Å². The summed E-state index contributed by atoms with van der Waals surface area (Å²) in [6.45, 7) is 1.04. The third-order valence-corrected chi connectivity index (χ3v) is 2.28. The molecule has 1 aromatic rings. The molecule has 104 valence electrons. The third-order valence-electron chi connectivity index (χ3n) is 2.28. The van der Waals surface area contributed by atoms with Crippen molar-refractivity contribution in [2.24, 2.45) is 0 Å². The van der Waals surface area contributed by atoms with Crippen LogP contribution in [0.5, 0.6) is 5.75 Å². The SMILES string of the molecule is COc1c(NCC(=O)[O-])cc(C)cc1NCC(=O)[O-].[Na+].[Na+]. The molecule has 0 atom stereocenters. The molecule has 0 amide bonds. The minimum absolute atomic E-state index is 0. The van der Waals surface area contributed by atoms with E-state index < -0.39 is 11.9 Å². The van der Waals surface area contributed by atoms with Gasteiger partial charge < -0.3 is 35.2 Å². The fourth-order valence-electron chi connectivity index (χ4n) is 1.59. The Balaban J connectivity index is 0. The van der Waals surface area contributed by atoms with Crippen molar-refractivity contribution in [3.8, 4) is 5.75 Å². The molecule has 2 N–H and O–H groups in total. The van der Waals surface area contributed by atoms with Crippen molar-refractivity contribution >= 4 is 23.3 Å². The Bertz CT molecular complexity index is 458. The number of carbonyl (C=O) groups excluding carboxylic acids is 2. The molecule has 9 heteroatoms. The zero-order valence-corrected chi connectivity index (χ0v) is 16.6. The molecule has 0 aliphatic rings. The van der Waals surface area contributed by atoms with Crippen LogP contribution in [0.25, 0.3) is 0 Å². The van der Waals surface area contributed by atoms with Crippen LogP contribution in [0.1, 0.15) is 5.56 Å². The van der Waals surface area contributed by atoms with Crippen LogP contribution in [0.3, 0.4) is 0 Å². The van der Waals surface area contributed by atoms with Gasteiger partial charge >= 0.3 is 59.1 Å². The number of carboxylic acids is 2. The van der Waals surface area contributed by atoms with Gasteiger partial charge in [-0.3, -0.25) is 0 Å². The zero-order chi connectivity index (χ0) is 14.4. The van der Waals surface area contributed by atoms with Crippen LogP contribution in [0.4, 0.5) is 11.4 Å². The molecular weight excluding hydrogens is 298 g/mol. The van der Waals surface area contributed by atoms with E-state index in [0.717, 1.165) is 5.56 Å². The Morgan fingerprint density at radius 3 is 1.71 bits per heavy atom. The van der Waals surface area contributed by atoms with Gasteiger partial charge in [0.2, 0.25) is 0 Å². The average Bonchev–Trinajstić information content (AvgIpc) is 2.33. The van der Waals surface area contributed by atoms with Gasteiger partial charge in [-0.2, -0.15) is 0 Å². The molecule has 0 saturated carbocycles. The number of ether oxygens (including phenoxy) is 1. The number of nitrogens with one attached hydrogen (secondary N) is 2. The number of methoxy groups -OCH3 is 1. The Morgan fingerprint density at radius 1 is 1.05 bits per heavy atom. The van der Waals surface area contributed by atoms with Crippen molar-refractivity contribution in [2.45, 2.75) is 6.92 Å². The van der Waals surface area contributed by atoms with E-state index in [1.807, 2.05) is 0 Å². The van der Waals surface area contributed by atoms with Crippen LogP contribution in [-0.2, 0) is 9.59 Å². The van der Waals surface area contributed by atoms with Gasteiger partial charge in [-0.1, -0.05) is 0 Å². The number of rotatable bonds is 7. The third kappa shape index (κ3) is 7.94. The summed E-state index contributed by atoms with van der Waals surface area (Å²) < 4.78 is 5.14. The molecule has 0 fully saturated rings. The maximum absolute atomic E-state index is 10.4. The molecule has 0 radical (unpaired) electrons. The van der Waals surface area contributed by atoms with Crippen molar-refractivity contribution < 1.29 is 83.7 Å². The number of anilines is 2. The van der Waals surface area contributed by atoms with Gasteiger partial charge in [0.25, 0.3) is 0 Å². The molecule has 1 aromatic carbocycles. The van der Waals surface area contributed by atoms with E-state index in [1.165, 1.54) is 7.11 Å². The molecule has 1 rings (SSSR count). The van der Waals surface area contributed by atoms with Crippen molar-refractivity contribution in [2.75, 3.05) is 30.8 Å². The van der Waals surface area contributed by atoms with Crippen LogP contribution in [0, 0.1) is 6.92 Å².